The SMILES string of the molecule is CN1CCCCCC1=NS(=O)(=O)c1cccc(NC(=O)c2ccnc(F)c2)c1. The minimum Gasteiger partial charge on any atom is -0.362 e. The summed E-state index contributed by atoms with van der Waals surface area (Å²) in [5, 5.41) is 2.56. The highest BCUT2D eigenvalue weighted by Gasteiger charge is 2.19. The Balaban J connectivity index is 1.83. The number of sulfonamides is 1. The number of hydrogen-bond donors (Lipinski definition) is 1. The largest absolute Gasteiger partial charge is 0.362 e. The number of likely N-dealkylation sites (tertiary alicyclic amines) is 1. The summed E-state index contributed by atoms with van der Waals surface area (Å²) in [4.78, 5) is 17.5. The molecule has 1 amide bonds. The molecular weight excluding hydrogens is 383 g/mol. The average molecular weight is 404 g/mol. The maximum Gasteiger partial charge on any atom is 0.284 e. The molecule has 148 valence electrons. The van der Waals surface area contributed by atoms with Gasteiger partial charge in [-0.1, -0.05) is 12.5 Å². The quantitative estimate of drug-likeness (QED) is 0.791. The Labute approximate surface area is 163 Å². The number of amidine groups is 1. The zero-order valence-electron chi connectivity index (χ0n) is 15.4. The van der Waals surface area contributed by atoms with E-state index in [2.05, 4.69) is 14.7 Å². The second-order valence-electron chi connectivity index (χ2n) is 6.56. The molecule has 3 rings (SSSR count). The highest BCUT2D eigenvalue weighted by atomic mass is 32.2. The van der Waals surface area contributed by atoms with E-state index in [1.54, 1.807) is 6.07 Å². The lowest BCUT2D eigenvalue weighted by Gasteiger charge is -2.17. The first kappa shape index (κ1) is 19.9. The van der Waals surface area contributed by atoms with Crippen LogP contribution in [0.4, 0.5) is 10.1 Å². The van der Waals surface area contributed by atoms with Gasteiger partial charge < -0.3 is 10.2 Å². The van der Waals surface area contributed by atoms with Gasteiger partial charge in [-0.15, -0.1) is 4.40 Å². The number of hydrogen-bond acceptors (Lipinski definition) is 4. The number of anilines is 1. The summed E-state index contributed by atoms with van der Waals surface area (Å²) in [6.07, 6.45) is 4.74. The predicted molar refractivity (Wildman–Crippen MR) is 104 cm³/mol. The first-order valence-electron chi connectivity index (χ1n) is 8.93. The van der Waals surface area contributed by atoms with Gasteiger partial charge in [0.05, 0.1) is 4.90 Å². The van der Waals surface area contributed by atoms with E-state index in [0.717, 1.165) is 31.9 Å². The number of halogens is 1. The van der Waals surface area contributed by atoms with E-state index in [1.807, 2.05) is 11.9 Å². The minimum atomic E-state index is -3.91. The molecule has 0 spiro atoms. The normalized spacial score (nSPS) is 16.6. The van der Waals surface area contributed by atoms with Crippen molar-refractivity contribution >= 4 is 27.5 Å². The van der Waals surface area contributed by atoms with Gasteiger partial charge in [0, 0.05) is 43.5 Å². The molecule has 1 aromatic carbocycles. The van der Waals surface area contributed by atoms with E-state index in [1.165, 1.54) is 30.5 Å². The lowest BCUT2D eigenvalue weighted by atomic mass is 10.2. The molecule has 0 aliphatic carbocycles. The fourth-order valence-corrected chi connectivity index (χ4v) is 4.06. The van der Waals surface area contributed by atoms with Crippen LogP contribution in [0.25, 0.3) is 0 Å². The molecule has 1 saturated heterocycles. The summed E-state index contributed by atoms with van der Waals surface area (Å²) in [5.41, 5.74) is 0.360. The van der Waals surface area contributed by atoms with Crippen molar-refractivity contribution in [1.29, 1.82) is 0 Å². The standard InChI is InChI=1S/C19H21FN4O3S/c1-24-11-4-2-3-8-18(24)23-28(26,27)16-7-5-6-15(13-16)22-19(25)14-9-10-21-17(20)12-14/h5-7,9-10,12-13H,2-4,8,11H2,1H3,(H,22,25). The molecule has 0 saturated carbocycles. The van der Waals surface area contributed by atoms with E-state index in [-0.39, 0.29) is 16.1 Å². The Bertz CT molecular complexity index is 1010. The van der Waals surface area contributed by atoms with Crippen LogP contribution in [-0.2, 0) is 10.0 Å². The Morgan fingerprint density at radius 1 is 1.21 bits per heavy atom. The van der Waals surface area contributed by atoms with E-state index in [4.69, 9.17) is 0 Å². The molecule has 7 nitrogen and oxygen atoms in total. The molecule has 2 aromatic rings. The predicted octanol–water partition coefficient (Wildman–Crippen LogP) is 3.07. The highest BCUT2D eigenvalue weighted by Crippen LogP contribution is 2.20. The van der Waals surface area contributed by atoms with Crippen molar-refractivity contribution in [2.75, 3.05) is 18.9 Å². The summed E-state index contributed by atoms with van der Waals surface area (Å²) in [7, 11) is -2.08. The number of nitrogens with zero attached hydrogens (tertiary/aromatic N) is 3. The van der Waals surface area contributed by atoms with Crippen LogP contribution in [0.2, 0.25) is 0 Å². The van der Waals surface area contributed by atoms with Crippen LogP contribution in [-0.4, -0.2) is 43.6 Å². The van der Waals surface area contributed by atoms with Crippen LogP contribution >= 0.6 is 0 Å². The van der Waals surface area contributed by atoms with E-state index >= 15 is 0 Å². The van der Waals surface area contributed by atoms with Crippen molar-refractivity contribution in [3.8, 4) is 0 Å². The highest BCUT2D eigenvalue weighted by molar-refractivity contribution is 7.90. The number of aromatic nitrogens is 1. The van der Waals surface area contributed by atoms with Crippen LogP contribution in [0.15, 0.2) is 51.9 Å². The van der Waals surface area contributed by atoms with Crippen LogP contribution in [0.3, 0.4) is 0 Å². The van der Waals surface area contributed by atoms with Gasteiger partial charge in [0.2, 0.25) is 5.95 Å². The number of carbonyl (C=O) groups excluding carboxylic acids is 1. The summed E-state index contributed by atoms with van der Waals surface area (Å²) in [6.45, 7) is 0.771. The van der Waals surface area contributed by atoms with Gasteiger partial charge in [-0.2, -0.15) is 12.8 Å². The number of pyridine rings is 1. The van der Waals surface area contributed by atoms with Crippen LogP contribution in [0.5, 0.6) is 0 Å². The van der Waals surface area contributed by atoms with Gasteiger partial charge in [-0.05, 0) is 37.1 Å². The number of benzene rings is 1. The molecule has 1 N–H and O–H groups in total. The van der Waals surface area contributed by atoms with Crippen molar-refractivity contribution in [1.82, 2.24) is 9.88 Å². The van der Waals surface area contributed by atoms with E-state index in [9.17, 15) is 17.6 Å². The molecule has 0 bridgehead atoms. The number of amides is 1. The Kier molecular flexibility index (Phi) is 6.03. The van der Waals surface area contributed by atoms with Crippen LogP contribution < -0.4 is 5.32 Å². The van der Waals surface area contributed by atoms with Gasteiger partial charge in [0.15, 0.2) is 0 Å². The van der Waals surface area contributed by atoms with Crippen molar-refractivity contribution < 1.29 is 17.6 Å². The van der Waals surface area contributed by atoms with E-state index in [0.29, 0.717) is 12.3 Å². The topological polar surface area (TPSA) is 91.7 Å². The van der Waals surface area contributed by atoms with Crippen molar-refractivity contribution in [3.63, 3.8) is 0 Å². The van der Waals surface area contributed by atoms with Gasteiger partial charge in [0.25, 0.3) is 15.9 Å². The third-order valence-electron chi connectivity index (χ3n) is 4.44. The molecule has 1 fully saturated rings. The second kappa shape index (κ2) is 8.47. The summed E-state index contributed by atoms with van der Waals surface area (Å²) in [6, 6.07) is 8.21. The molecule has 9 heteroatoms. The van der Waals surface area contributed by atoms with E-state index < -0.39 is 21.9 Å². The molecule has 0 radical (unpaired) electrons. The average Bonchev–Trinajstić information content (AvgIpc) is 2.86. The summed E-state index contributed by atoms with van der Waals surface area (Å²) < 4.78 is 42.6. The molecule has 1 aliphatic rings. The van der Waals surface area contributed by atoms with Gasteiger partial charge in [0.1, 0.15) is 5.84 Å². The van der Waals surface area contributed by atoms with Crippen molar-refractivity contribution in [2.24, 2.45) is 4.40 Å². The Hall–Kier alpha value is -2.81. The monoisotopic (exact) mass is 404 g/mol. The second-order valence-corrected chi connectivity index (χ2v) is 8.17. The number of nitrogens with one attached hydrogen (secondary N) is 1. The molecular formula is C19H21FN4O3S. The Morgan fingerprint density at radius 3 is 2.82 bits per heavy atom. The molecule has 28 heavy (non-hydrogen) atoms. The molecule has 0 unspecified atom stereocenters. The molecule has 1 aromatic heterocycles. The van der Waals surface area contributed by atoms with Crippen LogP contribution in [0, 0.1) is 5.95 Å². The first-order valence-corrected chi connectivity index (χ1v) is 10.4. The minimum absolute atomic E-state index is 0.0173. The lowest BCUT2D eigenvalue weighted by Crippen LogP contribution is -2.26. The maximum absolute atomic E-state index is 13.2. The summed E-state index contributed by atoms with van der Waals surface area (Å²) in [5.74, 6) is -0.794. The van der Waals surface area contributed by atoms with Gasteiger partial charge in [-0.25, -0.2) is 4.98 Å². The molecule has 2 heterocycles. The maximum atomic E-state index is 13.2. The van der Waals surface area contributed by atoms with Gasteiger partial charge >= 0.3 is 0 Å². The fourth-order valence-electron chi connectivity index (χ4n) is 2.92. The zero-order chi connectivity index (χ0) is 20.1. The third kappa shape index (κ3) is 4.92. The Morgan fingerprint density at radius 2 is 2.04 bits per heavy atom. The fraction of sp³-hybridized carbons (Fsp3) is 0.316. The smallest absolute Gasteiger partial charge is 0.284 e. The lowest BCUT2D eigenvalue weighted by molar-refractivity contribution is 0.102. The van der Waals surface area contributed by atoms with Crippen molar-refractivity contribution in [2.45, 2.75) is 30.6 Å². The number of carbonyl (C=O) groups is 1. The molecule has 1 aliphatic heterocycles. The first-order chi connectivity index (χ1) is 13.3. The van der Waals surface area contributed by atoms with Gasteiger partial charge in [-0.3, -0.25) is 4.79 Å². The zero-order valence-corrected chi connectivity index (χ0v) is 16.2. The van der Waals surface area contributed by atoms with Crippen LogP contribution in [0.1, 0.15) is 36.0 Å². The van der Waals surface area contributed by atoms with Crippen molar-refractivity contribution in [3.05, 3.63) is 54.1 Å². The summed E-state index contributed by atoms with van der Waals surface area (Å²) >= 11 is 0. The molecule has 0 atom stereocenters. The number of rotatable bonds is 4. The third-order valence-corrected chi connectivity index (χ3v) is 5.74.